The SMILES string of the molecule is Cc1cc(CNc2nccc3c2ncn3C)on1. The summed E-state index contributed by atoms with van der Waals surface area (Å²) < 4.78 is 7.10. The molecule has 0 aliphatic carbocycles. The van der Waals surface area contributed by atoms with Crippen molar-refractivity contribution in [1.82, 2.24) is 19.7 Å². The van der Waals surface area contributed by atoms with Gasteiger partial charge in [0, 0.05) is 19.3 Å². The van der Waals surface area contributed by atoms with Gasteiger partial charge in [0.2, 0.25) is 0 Å². The zero-order chi connectivity index (χ0) is 12.5. The van der Waals surface area contributed by atoms with Crippen molar-refractivity contribution in [2.45, 2.75) is 13.5 Å². The lowest BCUT2D eigenvalue weighted by molar-refractivity contribution is 0.384. The van der Waals surface area contributed by atoms with Crippen molar-refractivity contribution in [3.63, 3.8) is 0 Å². The summed E-state index contributed by atoms with van der Waals surface area (Å²) in [7, 11) is 1.96. The van der Waals surface area contributed by atoms with Crippen molar-refractivity contribution in [2.75, 3.05) is 5.32 Å². The molecular formula is C12H13N5O. The van der Waals surface area contributed by atoms with Gasteiger partial charge in [0.15, 0.2) is 11.6 Å². The Morgan fingerprint density at radius 3 is 3.06 bits per heavy atom. The predicted octanol–water partition coefficient (Wildman–Crippen LogP) is 1.88. The summed E-state index contributed by atoms with van der Waals surface area (Å²) >= 11 is 0. The molecule has 0 aromatic carbocycles. The second-order valence-electron chi connectivity index (χ2n) is 4.17. The zero-order valence-electron chi connectivity index (χ0n) is 10.2. The largest absolute Gasteiger partial charge is 0.361 e. The Kier molecular flexibility index (Phi) is 2.47. The first-order valence-corrected chi connectivity index (χ1v) is 5.66. The molecular weight excluding hydrogens is 230 g/mol. The van der Waals surface area contributed by atoms with E-state index in [1.165, 1.54) is 0 Å². The summed E-state index contributed by atoms with van der Waals surface area (Å²) in [5.74, 6) is 1.53. The smallest absolute Gasteiger partial charge is 0.156 e. The van der Waals surface area contributed by atoms with E-state index in [0.717, 1.165) is 28.3 Å². The molecule has 0 bridgehead atoms. The molecule has 3 heterocycles. The van der Waals surface area contributed by atoms with Gasteiger partial charge in [-0.3, -0.25) is 0 Å². The maximum absolute atomic E-state index is 5.14. The van der Waals surface area contributed by atoms with Crippen LogP contribution >= 0.6 is 0 Å². The normalized spacial score (nSPS) is 11.0. The Morgan fingerprint density at radius 1 is 1.39 bits per heavy atom. The number of nitrogens with one attached hydrogen (secondary N) is 1. The summed E-state index contributed by atoms with van der Waals surface area (Å²) in [6.45, 7) is 2.44. The molecule has 0 saturated carbocycles. The molecule has 92 valence electrons. The number of aromatic nitrogens is 4. The third-order valence-electron chi connectivity index (χ3n) is 2.75. The maximum atomic E-state index is 5.14. The van der Waals surface area contributed by atoms with E-state index in [9.17, 15) is 0 Å². The quantitative estimate of drug-likeness (QED) is 0.760. The van der Waals surface area contributed by atoms with E-state index >= 15 is 0 Å². The van der Waals surface area contributed by atoms with Crippen LogP contribution in [0.4, 0.5) is 5.82 Å². The van der Waals surface area contributed by atoms with Crippen molar-refractivity contribution in [3.05, 3.63) is 36.1 Å². The van der Waals surface area contributed by atoms with Crippen LogP contribution in [-0.2, 0) is 13.6 Å². The van der Waals surface area contributed by atoms with Crippen molar-refractivity contribution in [2.24, 2.45) is 7.05 Å². The highest BCUT2D eigenvalue weighted by Gasteiger charge is 2.07. The van der Waals surface area contributed by atoms with Crippen LogP contribution in [0.2, 0.25) is 0 Å². The maximum Gasteiger partial charge on any atom is 0.156 e. The molecule has 0 fully saturated rings. The van der Waals surface area contributed by atoms with Crippen LogP contribution < -0.4 is 5.32 Å². The number of hydrogen-bond acceptors (Lipinski definition) is 5. The van der Waals surface area contributed by atoms with Gasteiger partial charge in [0.1, 0.15) is 5.52 Å². The molecule has 0 radical (unpaired) electrons. The van der Waals surface area contributed by atoms with Crippen molar-refractivity contribution in [1.29, 1.82) is 0 Å². The molecule has 0 spiro atoms. The minimum absolute atomic E-state index is 0.545. The van der Waals surface area contributed by atoms with Crippen LogP contribution in [0, 0.1) is 6.92 Å². The number of anilines is 1. The molecule has 0 amide bonds. The molecule has 0 aliphatic heterocycles. The molecule has 18 heavy (non-hydrogen) atoms. The first-order chi connectivity index (χ1) is 8.74. The number of nitrogens with zero attached hydrogens (tertiary/aromatic N) is 4. The Bertz CT molecular complexity index is 685. The number of aryl methyl sites for hydroxylation is 2. The van der Waals surface area contributed by atoms with Gasteiger partial charge in [-0.25, -0.2) is 9.97 Å². The minimum Gasteiger partial charge on any atom is -0.361 e. The fraction of sp³-hybridized carbons (Fsp3) is 0.250. The van der Waals surface area contributed by atoms with E-state index in [2.05, 4.69) is 20.4 Å². The Labute approximate surface area is 104 Å². The Balaban J connectivity index is 1.86. The standard InChI is InChI=1S/C12H13N5O/c1-8-5-9(18-16-8)6-14-12-11-10(3-4-13-12)17(2)7-15-11/h3-5,7H,6H2,1-2H3,(H,13,14). The van der Waals surface area contributed by atoms with E-state index in [0.29, 0.717) is 6.54 Å². The fourth-order valence-corrected chi connectivity index (χ4v) is 1.86. The van der Waals surface area contributed by atoms with Gasteiger partial charge in [-0.2, -0.15) is 0 Å². The number of fused-ring (bicyclic) bond motifs is 1. The second-order valence-corrected chi connectivity index (χ2v) is 4.17. The van der Waals surface area contributed by atoms with Crippen LogP contribution in [0.5, 0.6) is 0 Å². The Morgan fingerprint density at radius 2 is 2.28 bits per heavy atom. The molecule has 0 unspecified atom stereocenters. The third kappa shape index (κ3) is 1.81. The first kappa shape index (κ1) is 10.8. The third-order valence-corrected chi connectivity index (χ3v) is 2.75. The van der Waals surface area contributed by atoms with Gasteiger partial charge in [-0.1, -0.05) is 5.16 Å². The van der Waals surface area contributed by atoms with Gasteiger partial charge in [-0.15, -0.1) is 0 Å². The van der Waals surface area contributed by atoms with Gasteiger partial charge >= 0.3 is 0 Å². The number of pyridine rings is 1. The van der Waals surface area contributed by atoms with Crippen molar-refractivity contribution in [3.8, 4) is 0 Å². The molecule has 3 aromatic rings. The van der Waals surface area contributed by atoms with Gasteiger partial charge < -0.3 is 14.4 Å². The van der Waals surface area contributed by atoms with E-state index in [-0.39, 0.29) is 0 Å². The molecule has 3 aromatic heterocycles. The highest BCUT2D eigenvalue weighted by Crippen LogP contribution is 2.19. The summed E-state index contributed by atoms with van der Waals surface area (Å²) in [5, 5.41) is 7.05. The van der Waals surface area contributed by atoms with Gasteiger partial charge in [0.25, 0.3) is 0 Å². The molecule has 1 N–H and O–H groups in total. The van der Waals surface area contributed by atoms with Crippen LogP contribution in [0.1, 0.15) is 11.5 Å². The summed E-state index contributed by atoms with van der Waals surface area (Å²) in [6.07, 6.45) is 3.54. The summed E-state index contributed by atoms with van der Waals surface area (Å²) in [6, 6.07) is 3.83. The van der Waals surface area contributed by atoms with E-state index in [1.807, 2.05) is 30.7 Å². The van der Waals surface area contributed by atoms with Gasteiger partial charge in [0.05, 0.1) is 24.1 Å². The number of hydrogen-bond donors (Lipinski definition) is 1. The average Bonchev–Trinajstić information content (AvgIpc) is 2.94. The lowest BCUT2D eigenvalue weighted by Crippen LogP contribution is -2.01. The Hall–Kier alpha value is -2.37. The lowest BCUT2D eigenvalue weighted by atomic mass is 10.3. The highest BCUT2D eigenvalue weighted by molar-refractivity contribution is 5.85. The number of rotatable bonds is 3. The minimum atomic E-state index is 0.545. The van der Waals surface area contributed by atoms with Gasteiger partial charge in [-0.05, 0) is 13.0 Å². The topological polar surface area (TPSA) is 68.8 Å². The average molecular weight is 243 g/mol. The predicted molar refractivity (Wildman–Crippen MR) is 67.1 cm³/mol. The van der Waals surface area contributed by atoms with Crippen molar-refractivity contribution >= 4 is 16.9 Å². The number of imidazole rings is 1. The molecule has 0 saturated heterocycles. The van der Waals surface area contributed by atoms with Crippen LogP contribution in [0.3, 0.4) is 0 Å². The zero-order valence-corrected chi connectivity index (χ0v) is 10.2. The molecule has 0 atom stereocenters. The van der Waals surface area contributed by atoms with Crippen LogP contribution in [-0.4, -0.2) is 19.7 Å². The molecule has 6 heteroatoms. The van der Waals surface area contributed by atoms with Crippen molar-refractivity contribution < 1.29 is 4.52 Å². The second kappa shape index (κ2) is 4.14. The van der Waals surface area contributed by atoms with E-state index in [4.69, 9.17) is 4.52 Å². The molecule has 0 aliphatic rings. The van der Waals surface area contributed by atoms with E-state index < -0.39 is 0 Å². The van der Waals surface area contributed by atoms with E-state index in [1.54, 1.807) is 12.5 Å². The molecule has 3 rings (SSSR count). The highest BCUT2D eigenvalue weighted by atomic mass is 16.5. The molecule has 6 nitrogen and oxygen atoms in total. The monoisotopic (exact) mass is 243 g/mol. The van der Waals surface area contributed by atoms with Crippen LogP contribution in [0.15, 0.2) is 29.2 Å². The fourth-order valence-electron chi connectivity index (χ4n) is 1.86. The first-order valence-electron chi connectivity index (χ1n) is 5.66. The summed E-state index contributed by atoms with van der Waals surface area (Å²) in [5.41, 5.74) is 2.77. The summed E-state index contributed by atoms with van der Waals surface area (Å²) in [4.78, 5) is 8.62. The van der Waals surface area contributed by atoms with Crippen LogP contribution in [0.25, 0.3) is 11.0 Å². The lowest BCUT2D eigenvalue weighted by Gasteiger charge is -2.03.